The highest BCUT2D eigenvalue weighted by molar-refractivity contribution is 5.90. The molecule has 7 nitrogen and oxygen atoms in total. The van der Waals surface area contributed by atoms with Gasteiger partial charge in [0.15, 0.2) is 17.2 Å². The van der Waals surface area contributed by atoms with Gasteiger partial charge in [-0.2, -0.15) is 0 Å². The Balaban J connectivity index is 1.33. The lowest BCUT2D eigenvalue weighted by Gasteiger charge is -2.04. The van der Waals surface area contributed by atoms with Crippen molar-refractivity contribution in [2.45, 2.75) is 52.5 Å². The Morgan fingerprint density at radius 1 is 0.943 bits per heavy atom. The molecule has 0 N–H and O–H groups in total. The SMILES string of the molecule is CCOC(=O)c1c(C)n(CCCCCCc2nc(-c3ccccc3)c(-c3ccccc3)o2)oc1=O. The van der Waals surface area contributed by atoms with Gasteiger partial charge in [-0.15, -0.1) is 0 Å². The molecular formula is C28H30N2O5. The van der Waals surface area contributed by atoms with E-state index in [-0.39, 0.29) is 12.2 Å². The lowest BCUT2D eigenvalue weighted by atomic mass is 10.1. The maximum atomic E-state index is 12.0. The molecular weight excluding hydrogens is 444 g/mol. The van der Waals surface area contributed by atoms with Crippen LogP contribution in [0, 0.1) is 6.92 Å². The molecule has 4 rings (SSSR count). The second-order valence-electron chi connectivity index (χ2n) is 8.34. The molecule has 0 fully saturated rings. The van der Waals surface area contributed by atoms with Gasteiger partial charge in [-0.25, -0.2) is 19.3 Å². The van der Waals surface area contributed by atoms with Crippen LogP contribution in [0.1, 0.15) is 54.5 Å². The van der Waals surface area contributed by atoms with E-state index in [4.69, 9.17) is 18.7 Å². The van der Waals surface area contributed by atoms with Crippen molar-refractivity contribution in [3.05, 3.63) is 88.2 Å². The summed E-state index contributed by atoms with van der Waals surface area (Å²) in [5, 5.41) is 0. The van der Waals surface area contributed by atoms with E-state index in [1.165, 1.54) is 4.74 Å². The van der Waals surface area contributed by atoms with Crippen molar-refractivity contribution in [2.75, 3.05) is 6.61 Å². The van der Waals surface area contributed by atoms with Crippen LogP contribution in [0.2, 0.25) is 0 Å². The highest BCUT2D eigenvalue weighted by Crippen LogP contribution is 2.33. The van der Waals surface area contributed by atoms with Crippen molar-refractivity contribution < 1.29 is 18.5 Å². The molecule has 0 radical (unpaired) electrons. The van der Waals surface area contributed by atoms with Crippen molar-refractivity contribution in [3.8, 4) is 22.6 Å². The van der Waals surface area contributed by atoms with Crippen molar-refractivity contribution in [1.82, 2.24) is 9.72 Å². The molecule has 2 aromatic heterocycles. The number of aromatic nitrogens is 2. The number of hydrogen-bond donors (Lipinski definition) is 0. The first-order valence-corrected chi connectivity index (χ1v) is 12.1. The zero-order chi connectivity index (χ0) is 24.6. The van der Waals surface area contributed by atoms with Gasteiger partial charge >= 0.3 is 11.6 Å². The average molecular weight is 475 g/mol. The van der Waals surface area contributed by atoms with Crippen LogP contribution in [0.25, 0.3) is 22.6 Å². The van der Waals surface area contributed by atoms with E-state index in [0.29, 0.717) is 12.2 Å². The molecule has 0 unspecified atom stereocenters. The summed E-state index contributed by atoms with van der Waals surface area (Å²) < 4.78 is 17.8. The molecule has 0 bridgehead atoms. The molecule has 0 amide bonds. The summed E-state index contributed by atoms with van der Waals surface area (Å²) in [5.74, 6) is 0.893. The summed E-state index contributed by atoms with van der Waals surface area (Å²) in [6, 6.07) is 20.1. The first-order chi connectivity index (χ1) is 17.1. The first kappa shape index (κ1) is 24.3. The van der Waals surface area contributed by atoms with Gasteiger partial charge in [-0.05, 0) is 26.7 Å². The second-order valence-corrected chi connectivity index (χ2v) is 8.34. The molecule has 0 saturated carbocycles. The zero-order valence-corrected chi connectivity index (χ0v) is 20.2. The van der Waals surface area contributed by atoms with E-state index in [1.54, 1.807) is 13.8 Å². The molecule has 4 aromatic rings. The van der Waals surface area contributed by atoms with E-state index in [0.717, 1.165) is 60.6 Å². The molecule has 0 spiro atoms. The number of ether oxygens (including phenoxy) is 1. The predicted octanol–water partition coefficient (Wildman–Crippen LogP) is 6.05. The quantitative estimate of drug-likeness (QED) is 0.194. The maximum absolute atomic E-state index is 12.0. The molecule has 7 heteroatoms. The number of benzene rings is 2. The molecule has 35 heavy (non-hydrogen) atoms. The van der Waals surface area contributed by atoms with Gasteiger partial charge in [0.2, 0.25) is 0 Å². The standard InChI is InChI=1S/C28H30N2O5/c1-3-33-27(31)24-20(2)30(35-28(24)32)19-13-5-4-12-18-23-29-25(21-14-8-6-9-15-21)26(34-23)22-16-10-7-11-17-22/h6-11,14-17H,3-5,12-13,18-19H2,1-2H3. The Morgan fingerprint density at radius 2 is 1.60 bits per heavy atom. The Labute approximate surface area is 204 Å². The largest absolute Gasteiger partial charge is 0.462 e. The highest BCUT2D eigenvalue weighted by Gasteiger charge is 2.22. The molecule has 0 aliphatic heterocycles. The van der Waals surface area contributed by atoms with Crippen molar-refractivity contribution >= 4 is 5.97 Å². The first-order valence-electron chi connectivity index (χ1n) is 12.1. The van der Waals surface area contributed by atoms with Crippen LogP contribution >= 0.6 is 0 Å². The zero-order valence-electron chi connectivity index (χ0n) is 20.2. The van der Waals surface area contributed by atoms with Gasteiger partial charge in [0.05, 0.1) is 18.8 Å². The molecule has 0 aliphatic rings. The maximum Gasteiger partial charge on any atom is 0.372 e. The summed E-state index contributed by atoms with van der Waals surface area (Å²) in [6.07, 6.45) is 4.45. The van der Waals surface area contributed by atoms with Crippen molar-refractivity contribution in [2.24, 2.45) is 0 Å². The summed E-state index contributed by atoms with van der Waals surface area (Å²) in [4.78, 5) is 28.8. The number of esters is 1. The third-order valence-corrected chi connectivity index (χ3v) is 5.87. The third-order valence-electron chi connectivity index (χ3n) is 5.87. The summed E-state index contributed by atoms with van der Waals surface area (Å²) in [6.45, 7) is 4.16. The van der Waals surface area contributed by atoms with Crippen LogP contribution in [-0.2, 0) is 17.7 Å². The number of carbonyl (C=O) groups is 1. The second kappa shape index (κ2) is 11.5. The Kier molecular flexibility index (Phi) is 7.98. The van der Waals surface area contributed by atoms with Crippen LogP contribution < -0.4 is 5.63 Å². The van der Waals surface area contributed by atoms with Gasteiger partial charge in [0.1, 0.15) is 5.69 Å². The fraction of sp³-hybridized carbons (Fsp3) is 0.321. The van der Waals surface area contributed by atoms with E-state index < -0.39 is 11.6 Å². The summed E-state index contributed by atoms with van der Waals surface area (Å²) in [5.41, 5.74) is 2.76. The smallest absolute Gasteiger partial charge is 0.372 e. The molecule has 0 atom stereocenters. The molecule has 0 aliphatic carbocycles. The minimum absolute atomic E-state index is 0.0146. The van der Waals surface area contributed by atoms with Crippen LogP contribution in [-0.4, -0.2) is 22.3 Å². The minimum atomic E-state index is -0.645. The van der Waals surface area contributed by atoms with E-state index in [1.807, 2.05) is 60.7 Å². The fourth-order valence-corrected chi connectivity index (χ4v) is 4.07. The van der Waals surface area contributed by atoms with Crippen LogP contribution in [0.4, 0.5) is 0 Å². The Morgan fingerprint density at radius 3 is 2.29 bits per heavy atom. The van der Waals surface area contributed by atoms with Gasteiger partial charge in [-0.3, -0.25) is 0 Å². The van der Waals surface area contributed by atoms with Gasteiger partial charge in [0, 0.05) is 17.5 Å². The lowest BCUT2D eigenvalue weighted by Crippen LogP contribution is -2.14. The predicted molar refractivity (Wildman–Crippen MR) is 133 cm³/mol. The highest BCUT2D eigenvalue weighted by atomic mass is 16.5. The molecule has 2 heterocycles. The van der Waals surface area contributed by atoms with Crippen LogP contribution in [0.15, 0.2) is 74.4 Å². The number of rotatable bonds is 11. The molecule has 2 aromatic carbocycles. The minimum Gasteiger partial charge on any atom is -0.462 e. The number of carbonyl (C=O) groups excluding carboxylic acids is 1. The average Bonchev–Trinajstić information content (AvgIpc) is 3.43. The lowest BCUT2D eigenvalue weighted by molar-refractivity contribution is 0.0523. The van der Waals surface area contributed by atoms with Crippen molar-refractivity contribution in [1.29, 1.82) is 0 Å². The monoisotopic (exact) mass is 474 g/mol. The number of unbranched alkanes of at least 4 members (excludes halogenated alkanes) is 3. The summed E-state index contributed by atoms with van der Waals surface area (Å²) in [7, 11) is 0. The van der Waals surface area contributed by atoms with Crippen LogP contribution in [0.5, 0.6) is 0 Å². The number of oxazole rings is 1. The third kappa shape index (κ3) is 5.80. The van der Waals surface area contributed by atoms with Crippen molar-refractivity contribution in [3.63, 3.8) is 0 Å². The van der Waals surface area contributed by atoms with E-state index >= 15 is 0 Å². The topological polar surface area (TPSA) is 87.5 Å². The van der Waals surface area contributed by atoms with Gasteiger partial charge in [-0.1, -0.05) is 73.5 Å². The van der Waals surface area contributed by atoms with Crippen LogP contribution in [0.3, 0.4) is 0 Å². The van der Waals surface area contributed by atoms with Gasteiger partial charge in [0.25, 0.3) is 0 Å². The number of aryl methyl sites for hydroxylation is 2. The normalized spacial score (nSPS) is 11.0. The number of hydrogen-bond acceptors (Lipinski definition) is 6. The molecule has 182 valence electrons. The summed E-state index contributed by atoms with van der Waals surface area (Å²) >= 11 is 0. The Bertz CT molecular complexity index is 1250. The number of nitrogens with zero attached hydrogens (tertiary/aromatic N) is 2. The fourth-order valence-electron chi connectivity index (χ4n) is 4.07. The Hall–Kier alpha value is -3.87. The van der Waals surface area contributed by atoms with E-state index in [2.05, 4.69) is 0 Å². The van der Waals surface area contributed by atoms with E-state index in [9.17, 15) is 9.59 Å². The van der Waals surface area contributed by atoms with Gasteiger partial charge < -0.3 is 13.7 Å². The molecule has 0 saturated heterocycles.